The van der Waals surface area contributed by atoms with Crippen molar-refractivity contribution in [3.63, 3.8) is 0 Å². The Bertz CT molecular complexity index is 1340. The normalized spacial score (nSPS) is 17.1. The van der Waals surface area contributed by atoms with E-state index in [2.05, 4.69) is 22.5 Å². The molecule has 0 radical (unpaired) electrons. The molecular weight excluding hydrogens is 502 g/mol. The van der Waals surface area contributed by atoms with Gasteiger partial charge in [0.25, 0.3) is 5.91 Å². The van der Waals surface area contributed by atoms with Gasteiger partial charge in [-0.15, -0.1) is 0 Å². The summed E-state index contributed by atoms with van der Waals surface area (Å²) in [7, 11) is 0. The van der Waals surface area contributed by atoms with Crippen molar-refractivity contribution in [1.82, 2.24) is 15.1 Å². The van der Waals surface area contributed by atoms with E-state index in [-0.39, 0.29) is 30.4 Å². The van der Waals surface area contributed by atoms with Crippen LogP contribution in [-0.2, 0) is 16.0 Å². The number of hydrogen-bond acceptors (Lipinski definition) is 4. The lowest BCUT2D eigenvalue weighted by Gasteiger charge is -2.43. The smallest absolute Gasteiger partial charge is 0.321 e. The molecule has 1 atom stereocenters. The second-order valence-corrected chi connectivity index (χ2v) is 10.6. The molecule has 2 N–H and O–H groups in total. The van der Waals surface area contributed by atoms with Crippen molar-refractivity contribution < 1.29 is 14.4 Å². The Labute approximate surface area is 236 Å². The number of carbonyl (C=O) groups is 3. The van der Waals surface area contributed by atoms with Crippen molar-refractivity contribution in [3.8, 4) is 0 Å². The van der Waals surface area contributed by atoms with Crippen LogP contribution in [0.4, 0.5) is 16.2 Å². The van der Waals surface area contributed by atoms with Gasteiger partial charge >= 0.3 is 6.03 Å². The van der Waals surface area contributed by atoms with Crippen molar-refractivity contribution in [2.45, 2.75) is 44.7 Å². The van der Waals surface area contributed by atoms with Gasteiger partial charge in [-0.05, 0) is 61.6 Å². The molecule has 0 aromatic heterocycles. The van der Waals surface area contributed by atoms with Crippen LogP contribution in [0.15, 0.2) is 84.9 Å². The van der Waals surface area contributed by atoms with E-state index in [9.17, 15) is 14.4 Å². The number of likely N-dealkylation sites (tertiary alicyclic amines) is 1. The molecule has 208 valence electrons. The fraction of sp³-hybridized carbons (Fsp3) is 0.344. The SMILES string of the molecule is CCc1cccc(NC(=O)N2CCC3(CC2)C(=O)N(CC(=O)N[C@@H](C)c2ccccc2)CN3c2ccccc2)c1. The highest BCUT2D eigenvalue weighted by Crippen LogP contribution is 2.39. The van der Waals surface area contributed by atoms with E-state index in [0.29, 0.717) is 32.6 Å². The Morgan fingerprint density at radius 2 is 1.60 bits per heavy atom. The Hall–Kier alpha value is -4.33. The molecule has 2 heterocycles. The van der Waals surface area contributed by atoms with Crippen molar-refractivity contribution in [3.05, 3.63) is 96.1 Å². The van der Waals surface area contributed by atoms with Gasteiger partial charge in [0, 0.05) is 24.5 Å². The number of urea groups is 1. The predicted octanol–water partition coefficient (Wildman–Crippen LogP) is 4.80. The number of benzene rings is 3. The summed E-state index contributed by atoms with van der Waals surface area (Å²) in [4.78, 5) is 45.6. The highest BCUT2D eigenvalue weighted by molar-refractivity contribution is 5.97. The summed E-state index contributed by atoms with van der Waals surface area (Å²) in [5, 5.41) is 6.04. The average Bonchev–Trinajstić information content (AvgIpc) is 3.24. The maximum absolute atomic E-state index is 14.0. The second-order valence-electron chi connectivity index (χ2n) is 10.6. The minimum atomic E-state index is -0.800. The van der Waals surface area contributed by atoms with Gasteiger partial charge in [0.05, 0.1) is 12.7 Å². The fourth-order valence-electron chi connectivity index (χ4n) is 5.76. The summed E-state index contributed by atoms with van der Waals surface area (Å²) in [5.41, 5.74) is 3.08. The van der Waals surface area contributed by atoms with Crippen LogP contribution >= 0.6 is 0 Å². The number of piperidine rings is 1. The monoisotopic (exact) mass is 539 g/mol. The lowest BCUT2D eigenvalue weighted by molar-refractivity contribution is -0.137. The number of amides is 4. The van der Waals surface area contributed by atoms with E-state index in [1.54, 1.807) is 9.80 Å². The number of nitrogens with zero attached hydrogens (tertiary/aromatic N) is 3. The van der Waals surface area contributed by atoms with Crippen LogP contribution in [0.1, 0.15) is 43.9 Å². The number of hydrogen-bond donors (Lipinski definition) is 2. The minimum Gasteiger partial charge on any atom is -0.348 e. The van der Waals surface area contributed by atoms with Gasteiger partial charge in [0.15, 0.2) is 0 Å². The van der Waals surface area contributed by atoms with Gasteiger partial charge in [0.2, 0.25) is 5.91 Å². The van der Waals surface area contributed by atoms with Crippen LogP contribution in [0.3, 0.4) is 0 Å². The van der Waals surface area contributed by atoms with Crippen molar-refractivity contribution in [2.75, 3.05) is 36.5 Å². The van der Waals surface area contributed by atoms with Crippen LogP contribution < -0.4 is 15.5 Å². The summed E-state index contributed by atoms with van der Waals surface area (Å²) < 4.78 is 0. The van der Waals surface area contributed by atoms with Crippen molar-refractivity contribution >= 4 is 29.2 Å². The summed E-state index contributed by atoms with van der Waals surface area (Å²) in [6.45, 7) is 5.22. The standard InChI is InChI=1S/C32H37N5O3/c1-3-25-11-10-14-27(21-25)34-31(40)35-19-17-32(18-20-35)30(39)36(23-37(32)28-15-8-5-9-16-28)22-29(38)33-24(2)26-12-6-4-7-13-26/h4-16,21,24H,3,17-20,22-23H2,1-2H3,(H,33,38)(H,34,40)/t24-/m0/s1. The van der Waals surface area contributed by atoms with E-state index in [1.165, 1.54) is 0 Å². The molecule has 8 heteroatoms. The molecule has 0 aliphatic carbocycles. The first kappa shape index (κ1) is 27.2. The largest absolute Gasteiger partial charge is 0.348 e. The number of para-hydroxylation sites is 1. The van der Waals surface area contributed by atoms with Gasteiger partial charge in [-0.1, -0.05) is 67.6 Å². The summed E-state index contributed by atoms with van der Waals surface area (Å²) in [5.74, 6) is -0.254. The third kappa shape index (κ3) is 5.66. The molecule has 40 heavy (non-hydrogen) atoms. The Morgan fingerprint density at radius 1 is 0.925 bits per heavy atom. The van der Waals surface area contributed by atoms with E-state index in [4.69, 9.17) is 0 Å². The molecule has 2 saturated heterocycles. The lowest BCUT2D eigenvalue weighted by Crippen LogP contribution is -2.58. The summed E-state index contributed by atoms with van der Waals surface area (Å²) in [6, 6.07) is 27.2. The van der Waals surface area contributed by atoms with E-state index in [0.717, 1.165) is 28.9 Å². The van der Waals surface area contributed by atoms with Gasteiger partial charge in [-0.3, -0.25) is 9.59 Å². The number of rotatable bonds is 7. The molecule has 4 amide bonds. The van der Waals surface area contributed by atoms with E-state index < -0.39 is 5.54 Å². The Balaban J connectivity index is 1.28. The third-order valence-corrected chi connectivity index (χ3v) is 8.06. The maximum atomic E-state index is 14.0. The van der Waals surface area contributed by atoms with Crippen LogP contribution in [0.25, 0.3) is 0 Å². The molecule has 2 aliphatic heterocycles. The first-order chi connectivity index (χ1) is 19.4. The lowest BCUT2D eigenvalue weighted by atomic mass is 9.85. The first-order valence-electron chi connectivity index (χ1n) is 14.0. The van der Waals surface area contributed by atoms with Gasteiger partial charge < -0.3 is 25.3 Å². The highest BCUT2D eigenvalue weighted by Gasteiger charge is 2.54. The molecular formula is C32H37N5O3. The summed E-state index contributed by atoms with van der Waals surface area (Å²) >= 11 is 0. The third-order valence-electron chi connectivity index (χ3n) is 8.06. The van der Waals surface area contributed by atoms with Crippen LogP contribution in [-0.4, -0.2) is 59.5 Å². The van der Waals surface area contributed by atoms with Crippen LogP contribution in [0.5, 0.6) is 0 Å². The van der Waals surface area contributed by atoms with Gasteiger partial charge in [-0.25, -0.2) is 4.79 Å². The highest BCUT2D eigenvalue weighted by atomic mass is 16.2. The quantitative estimate of drug-likeness (QED) is 0.452. The number of carbonyl (C=O) groups excluding carboxylic acids is 3. The van der Waals surface area contributed by atoms with Gasteiger partial charge in [0.1, 0.15) is 12.1 Å². The summed E-state index contributed by atoms with van der Waals surface area (Å²) in [6.07, 6.45) is 1.87. The second kappa shape index (κ2) is 11.8. The molecule has 3 aromatic rings. The molecule has 0 saturated carbocycles. The zero-order chi connectivity index (χ0) is 28.1. The number of anilines is 2. The minimum absolute atomic E-state index is 0.0148. The number of aryl methyl sites for hydroxylation is 1. The van der Waals surface area contributed by atoms with Crippen LogP contribution in [0, 0.1) is 0 Å². The van der Waals surface area contributed by atoms with Crippen molar-refractivity contribution in [1.29, 1.82) is 0 Å². The maximum Gasteiger partial charge on any atom is 0.321 e. The zero-order valence-electron chi connectivity index (χ0n) is 23.2. The van der Waals surface area contributed by atoms with Gasteiger partial charge in [-0.2, -0.15) is 0 Å². The van der Waals surface area contributed by atoms with E-state index in [1.807, 2.05) is 91.9 Å². The molecule has 5 rings (SSSR count). The predicted molar refractivity (Wildman–Crippen MR) is 157 cm³/mol. The number of nitrogens with one attached hydrogen (secondary N) is 2. The molecule has 2 aliphatic rings. The topological polar surface area (TPSA) is 85.0 Å². The fourth-order valence-corrected chi connectivity index (χ4v) is 5.76. The van der Waals surface area contributed by atoms with Crippen molar-refractivity contribution in [2.24, 2.45) is 0 Å². The van der Waals surface area contributed by atoms with E-state index >= 15 is 0 Å². The molecule has 8 nitrogen and oxygen atoms in total. The average molecular weight is 540 g/mol. The molecule has 3 aromatic carbocycles. The Morgan fingerprint density at radius 3 is 2.27 bits per heavy atom. The molecule has 2 fully saturated rings. The molecule has 1 spiro atoms. The molecule has 0 bridgehead atoms. The molecule has 0 unspecified atom stereocenters. The first-order valence-corrected chi connectivity index (χ1v) is 14.0. The Kier molecular flexibility index (Phi) is 8.05. The van der Waals surface area contributed by atoms with Crippen LogP contribution in [0.2, 0.25) is 0 Å². The zero-order valence-corrected chi connectivity index (χ0v) is 23.2.